The van der Waals surface area contributed by atoms with Crippen LogP contribution in [0.25, 0.3) is 0 Å². The van der Waals surface area contributed by atoms with E-state index in [0.29, 0.717) is 6.54 Å². The molecule has 0 aromatic heterocycles. The van der Waals surface area contributed by atoms with Crippen molar-refractivity contribution in [3.05, 3.63) is 58.9 Å². The second-order valence-corrected chi connectivity index (χ2v) is 7.85. The van der Waals surface area contributed by atoms with Crippen LogP contribution in [0.1, 0.15) is 18.4 Å². The number of fused-ring (bicyclic) bond motifs is 1. The van der Waals surface area contributed by atoms with Gasteiger partial charge in [0.05, 0.1) is 0 Å². The second-order valence-electron chi connectivity index (χ2n) is 7.41. The number of aliphatic hydroxyl groups is 1. The van der Waals surface area contributed by atoms with Crippen LogP contribution < -0.4 is 9.47 Å². The fourth-order valence-electron chi connectivity index (χ4n) is 3.92. The number of nitrogens with zero attached hydrogens (tertiary/aromatic N) is 1. The summed E-state index contributed by atoms with van der Waals surface area (Å²) in [5.74, 6) is 0.693. The van der Waals surface area contributed by atoms with E-state index < -0.39 is 11.9 Å². The van der Waals surface area contributed by atoms with E-state index in [9.17, 15) is 9.50 Å². The highest BCUT2D eigenvalue weighted by Crippen LogP contribution is 2.41. The first-order valence-corrected chi connectivity index (χ1v) is 9.66. The zero-order chi connectivity index (χ0) is 18.9. The molecule has 2 aromatic rings. The maximum Gasteiger partial charge on any atom is 0.165 e. The molecule has 4 rings (SSSR count). The van der Waals surface area contributed by atoms with Gasteiger partial charge in [-0.2, -0.15) is 0 Å². The van der Waals surface area contributed by atoms with Gasteiger partial charge in [-0.25, -0.2) is 4.39 Å². The first kappa shape index (κ1) is 18.5. The average Bonchev–Trinajstić information content (AvgIpc) is 3.00. The standard InChI is InChI=1S/C21H23ClFNO3/c22-16-5-6-19-15(11-16)12-21(27-19)7-9-24(10-8-21)13-17(25)14-26-20-4-2-1-3-18(20)23/h1-6,11,17,25H,7-10,12-14H2/t17-/m0/s1. The van der Waals surface area contributed by atoms with Gasteiger partial charge in [-0.3, -0.25) is 0 Å². The van der Waals surface area contributed by atoms with Crippen LogP contribution in [-0.4, -0.2) is 48.0 Å². The van der Waals surface area contributed by atoms with E-state index in [4.69, 9.17) is 21.1 Å². The quantitative estimate of drug-likeness (QED) is 0.844. The predicted octanol–water partition coefficient (Wildman–Crippen LogP) is 3.69. The van der Waals surface area contributed by atoms with E-state index in [1.54, 1.807) is 18.2 Å². The zero-order valence-electron chi connectivity index (χ0n) is 15.0. The molecule has 0 aliphatic carbocycles. The molecular formula is C21H23ClFNO3. The first-order valence-electron chi connectivity index (χ1n) is 9.28. The molecule has 0 radical (unpaired) electrons. The number of rotatable bonds is 5. The summed E-state index contributed by atoms with van der Waals surface area (Å²) in [6.07, 6.45) is 2.02. The molecule has 0 amide bonds. The molecule has 2 aromatic carbocycles. The maximum atomic E-state index is 13.6. The third kappa shape index (κ3) is 4.21. The summed E-state index contributed by atoms with van der Waals surface area (Å²) in [4.78, 5) is 2.21. The average molecular weight is 392 g/mol. The second kappa shape index (κ2) is 7.66. The number of benzene rings is 2. The lowest BCUT2D eigenvalue weighted by molar-refractivity contribution is -0.00219. The number of piperidine rings is 1. The van der Waals surface area contributed by atoms with Crippen molar-refractivity contribution in [2.75, 3.05) is 26.2 Å². The Balaban J connectivity index is 1.26. The van der Waals surface area contributed by atoms with Crippen molar-refractivity contribution in [1.29, 1.82) is 0 Å². The Kier molecular flexibility index (Phi) is 5.26. The van der Waals surface area contributed by atoms with Crippen molar-refractivity contribution in [2.45, 2.75) is 31.0 Å². The van der Waals surface area contributed by atoms with Crippen molar-refractivity contribution in [3.8, 4) is 11.5 Å². The largest absolute Gasteiger partial charge is 0.488 e. The topological polar surface area (TPSA) is 41.9 Å². The Hall–Kier alpha value is -1.82. The highest BCUT2D eigenvalue weighted by atomic mass is 35.5. The number of para-hydroxylation sites is 1. The van der Waals surface area contributed by atoms with Crippen LogP contribution in [0.2, 0.25) is 5.02 Å². The van der Waals surface area contributed by atoms with Crippen LogP contribution in [0.15, 0.2) is 42.5 Å². The smallest absolute Gasteiger partial charge is 0.165 e. The van der Waals surface area contributed by atoms with Gasteiger partial charge in [0.25, 0.3) is 0 Å². The van der Waals surface area contributed by atoms with E-state index in [1.165, 1.54) is 11.6 Å². The van der Waals surface area contributed by atoms with Crippen molar-refractivity contribution in [1.82, 2.24) is 4.90 Å². The Morgan fingerprint density at radius 1 is 1.22 bits per heavy atom. The summed E-state index contributed by atoms with van der Waals surface area (Å²) < 4.78 is 25.2. The molecule has 2 aliphatic rings. The molecule has 0 saturated carbocycles. The molecule has 1 saturated heterocycles. The highest BCUT2D eigenvalue weighted by molar-refractivity contribution is 6.30. The van der Waals surface area contributed by atoms with Gasteiger partial charge in [-0.05, 0) is 35.9 Å². The van der Waals surface area contributed by atoms with Gasteiger partial charge in [0, 0.05) is 43.9 Å². The summed E-state index contributed by atoms with van der Waals surface area (Å²) in [6.45, 7) is 2.27. The number of hydrogen-bond donors (Lipinski definition) is 1. The molecule has 0 bridgehead atoms. The number of aliphatic hydroxyl groups excluding tert-OH is 1. The van der Waals surface area contributed by atoms with E-state index in [0.717, 1.165) is 43.1 Å². The van der Waals surface area contributed by atoms with Gasteiger partial charge in [-0.15, -0.1) is 0 Å². The van der Waals surface area contributed by atoms with Crippen LogP contribution in [-0.2, 0) is 6.42 Å². The molecule has 1 spiro atoms. The molecule has 2 aliphatic heterocycles. The number of hydrogen-bond acceptors (Lipinski definition) is 4. The van der Waals surface area contributed by atoms with Crippen molar-refractivity contribution >= 4 is 11.6 Å². The SMILES string of the molecule is O[C@H](COc1ccccc1F)CN1CCC2(CC1)Cc1cc(Cl)ccc1O2. The third-order valence-electron chi connectivity index (χ3n) is 5.37. The summed E-state index contributed by atoms with van der Waals surface area (Å²) in [5.41, 5.74) is 1.02. The van der Waals surface area contributed by atoms with Gasteiger partial charge < -0.3 is 19.5 Å². The van der Waals surface area contributed by atoms with Gasteiger partial charge in [0.1, 0.15) is 24.1 Å². The lowest BCUT2D eigenvalue weighted by Gasteiger charge is -2.39. The lowest BCUT2D eigenvalue weighted by Crippen LogP contribution is -2.49. The number of ether oxygens (including phenoxy) is 2. The molecule has 144 valence electrons. The molecule has 4 nitrogen and oxygen atoms in total. The fourth-order valence-corrected chi connectivity index (χ4v) is 4.12. The van der Waals surface area contributed by atoms with Crippen molar-refractivity contribution in [3.63, 3.8) is 0 Å². The Bertz CT molecular complexity index is 808. The van der Waals surface area contributed by atoms with E-state index >= 15 is 0 Å². The molecule has 1 atom stereocenters. The third-order valence-corrected chi connectivity index (χ3v) is 5.60. The number of likely N-dealkylation sites (tertiary alicyclic amines) is 1. The summed E-state index contributed by atoms with van der Waals surface area (Å²) in [5, 5.41) is 11.0. The molecule has 2 heterocycles. The molecule has 6 heteroatoms. The van der Waals surface area contributed by atoms with Crippen LogP contribution in [0, 0.1) is 5.82 Å². The minimum Gasteiger partial charge on any atom is -0.488 e. The number of β-amino-alcohol motifs (C(OH)–C–C–N with tert-alkyl or cyclic N) is 1. The van der Waals surface area contributed by atoms with Crippen LogP contribution in [0.4, 0.5) is 4.39 Å². The van der Waals surface area contributed by atoms with Gasteiger partial charge >= 0.3 is 0 Å². The van der Waals surface area contributed by atoms with E-state index in [2.05, 4.69) is 4.90 Å². The maximum absolute atomic E-state index is 13.6. The Labute approximate surface area is 163 Å². The van der Waals surface area contributed by atoms with Gasteiger partial charge in [0.15, 0.2) is 11.6 Å². The first-order chi connectivity index (χ1) is 13.0. The van der Waals surface area contributed by atoms with Crippen molar-refractivity contribution in [2.24, 2.45) is 0 Å². The number of halogens is 2. The van der Waals surface area contributed by atoms with E-state index in [1.807, 2.05) is 18.2 Å². The molecule has 1 N–H and O–H groups in total. The van der Waals surface area contributed by atoms with Gasteiger partial charge in [0.2, 0.25) is 0 Å². The monoisotopic (exact) mass is 391 g/mol. The summed E-state index contributed by atoms with van der Waals surface area (Å²) in [6, 6.07) is 12.0. The summed E-state index contributed by atoms with van der Waals surface area (Å²) in [7, 11) is 0. The van der Waals surface area contributed by atoms with Gasteiger partial charge in [-0.1, -0.05) is 23.7 Å². The zero-order valence-corrected chi connectivity index (χ0v) is 15.8. The van der Waals surface area contributed by atoms with E-state index in [-0.39, 0.29) is 18.0 Å². The van der Waals surface area contributed by atoms with Crippen molar-refractivity contribution < 1.29 is 19.0 Å². The molecular weight excluding hydrogens is 369 g/mol. The van der Waals surface area contributed by atoms with Crippen LogP contribution >= 0.6 is 11.6 Å². The molecule has 0 unspecified atom stereocenters. The Morgan fingerprint density at radius 2 is 2.00 bits per heavy atom. The summed E-state index contributed by atoms with van der Waals surface area (Å²) >= 11 is 6.09. The fraction of sp³-hybridized carbons (Fsp3) is 0.429. The minimum absolute atomic E-state index is 0.0724. The molecule has 1 fully saturated rings. The van der Waals surface area contributed by atoms with Crippen LogP contribution in [0.3, 0.4) is 0 Å². The normalized spacial score (nSPS) is 19.5. The molecule has 27 heavy (non-hydrogen) atoms. The predicted molar refractivity (Wildman–Crippen MR) is 102 cm³/mol. The minimum atomic E-state index is -0.667. The highest BCUT2D eigenvalue weighted by Gasteiger charge is 2.42. The Morgan fingerprint density at radius 3 is 2.78 bits per heavy atom. The van der Waals surface area contributed by atoms with Crippen LogP contribution in [0.5, 0.6) is 11.5 Å². The lowest BCUT2D eigenvalue weighted by atomic mass is 9.87.